The first kappa shape index (κ1) is 14.3. The summed E-state index contributed by atoms with van der Waals surface area (Å²) in [4.78, 5) is 13.1. The van der Waals surface area contributed by atoms with Crippen LogP contribution in [0.2, 0.25) is 5.02 Å². The Morgan fingerprint density at radius 3 is 2.74 bits per heavy atom. The summed E-state index contributed by atoms with van der Waals surface area (Å²) in [5.74, 6) is -0.156. The first-order valence-corrected chi connectivity index (χ1v) is 6.87. The van der Waals surface area contributed by atoms with E-state index in [1.54, 1.807) is 19.1 Å². The molecule has 0 unspecified atom stereocenters. The van der Waals surface area contributed by atoms with Crippen LogP contribution in [0.25, 0.3) is 0 Å². The van der Waals surface area contributed by atoms with Crippen molar-refractivity contribution in [2.75, 3.05) is 13.1 Å². The van der Waals surface area contributed by atoms with Crippen LogP contribution in [-0.4, -0.2) is 29.9 Å². The number of halogens is 2. The molecule has 3 nitrogen and oxygen atoms in total. The van der Waals surface area contributed by atoms with Crippen molar-refractivity contribution < 1.29 is 9.18 Å². The van der Waals surface area contributed by atoms with Crippen molar-refractivity contribution in [3.63, 3.8) is 0 Å². The van der Waals surface area contributed by atoms with E-state index in [4.69, 9.17) is 11.6 Å². The van der Waals surface area contributed by atoms with E-state index in [0.717, 1.165) is 25.9 Å². The van der Waals surface area contributed by atoms with Gasteiger partial charge in [0, 0.05) is 43.2 Å². The number of likely N-dealkylation sites (tertiary alicyclic amines) is 1. The minimum Gasteiger partial charge on any atom is -0.343 e. The predicted octanol–water partition coefficient (Wildman–Crippen LogP) is 2.58. The van der Waals surface area contributed by atoms with E-state index in [1.807, 2.05) is 4.90 Å². The average Bonchev–Trinajstić information content (AvgIpc) is 2.38. The smallest absolute Gasteiger partial charge is 0.219 e. The Morgan fingerprint density at radius 2 is 2.16 bits per heavy atom. The monoisotopic (exact) mass is 284 g/mol. The van der Waals surface area contributed by atoms with Gasteiger partial charge in [-0.15, -0.1) is 0 Å². The Balaban J connectivity index is 1.86. The maximum atomic E-state index is 13.6. The fourth-order valence-electron chi connectivity index (χ4n) is 2.35. The van der Waals surface area contributed by atoms with Gasteiger partial charge in [0.2, 0.25) is 5.91 Å². The zero-order valence-electron chi connectivity index (χ0n) is 11.0. The number of nitrogens with zero attached hydrogens (tertiary/aromatic N) is 1. The predicted molar refractivity (Wildman–Crippen MR) is 73.5 cm³/mol. The number of amides is 1. The third-order valence-electron chi connectivity index (χ3n) is 3.57. The van der Waals surface area contributed by atoms with Gasteiger partial charge in [0.15, 0.2) is 0 Å². The summed E-state index contributed by atoms with van der Waals surface area (Å²) in [5, 5.41) is 3.77. The summed E-state index contributed by atoms with van der Waals surface area (Å²) in [6.07, 6.45) is 1.79. The van der Waals surface area contributed by atoms with E-state index in [1.165, 1.54) is 6.07 Å². The van der Waals surface area contributed by atoms with Crippen LogP contribution in [0.4, 0.5) is 4.39 Å². The van der Waals surface area contributed by atoms with Crippen molar-refractivity contribution in [2.24, 2.45) is 0 Å². The lowest BCUT2D eigenvalue weighted by atomic mass is 10.0. The van der Waals surface area contributed by atoms with Gasteiger partial charge in [0.05, 0.1) is 0 Å². The highest BCUT2D eigenvalue weighted by molar-refractivity contribution is 6.31. The lowest BCUT2D eigenvalue weighted by Gasteiger charge is -2.31. The second kappa shape index (κ2) is 6.35. The van der Waals surface area contributed by atoms with Gasteiger partial charge in [-0.05, 0) is 25.0 Å². The highest BCUT2D eigenvalue weighted by Crippen LogP contribution is 2.19. The summed E-state index contributed by atoms with van der Waals surface area (Å²) in [6.45, 7) is 3.54. The topological polar surface area (TPSA) is 32.3 Å². The van der Waals surface area contributed by atoms with Crippen LogP contribution in [0.5, 0.6) is 0 Å². The normalized spacial score (nSPS) is 16.7. The number of piperidine rings is 1. The molecule has 0 aliphatic carbocycles. The zero-order valence-corrected chi connectivity index (χ0v) is 11.7. The van der Waals surface area contributed by atoms with Crippen LogP contribution < -0.4 is 5.32 Å². The number of carbonyl (C=O) groups is 1. The van der Waals surface area contributed by atoms with Crippen LogP contribution in [0.1, 0.15) is 25.3 Å². The van der Waals surface area contributed by atoms with Crippen molar-refractivity contribution in [1.82, 2.24) is 10.2 Å². The third kappa shape index (κ3) is 3.67. The van der Waals surface area contributed by atoms with Gasteiger partial charge >= 0.3 is 0 Å². The average molecular weight is 285 g/mol. The molecule has 1 heterocycles. The van der Waals surface area contributed by atoms with Crippen LogP contribution in [0, 0.1) is 5.82 Å². The Bertz CT molecular complexity index is 439. The molecule has 2 rings (SSSR count). The Labute approximate surface area is 117 Å². The highest BCUT2D eigenvalue weighted by atomic mass is 35.5. The largest absolute Gasteiger partial charge is 0.343 e. The lowest BCUT2D eigenvalue weighted by molar-refractivity contribution is -0.129. The fraction of sp³-hybridized carbons (Fsp3) is 0.500. The molecule has 1 saturated heterocycles. The molecule has 0 atom stereocenters. The van der Waals surface area contributed by atoms with E-state index in [2.05, 4.69) is 5.32 Å². The van der Waals surface area contributed by atoms with Gasteiger partial charge in [-0.1, -0.05) is 17.7 Å². The van der Waals surface area contributed by atoms with Crippen molar-refractivity contribution in [1.29, 1.82) is 0 Å². The maximum absolute atomic E-state index is 13.6. The third-order valence-corrected chi connectivity index (χ3v) is 3.92. The van der Waals surface area contributed by atoms with Crippen LogP contribution in [-0.2, 0) is 11.3 Å². The molecule has 1 aliphatic heterocycles. The standard InChI is InChI=1S/C14H18ClFN2O/c1-10(19)18-7-5-11(6-8-18)17-9-12-13(15)3-2-4-14(12)16/h2-4,11,17H,5-9H2,1H3. The molecule has 0 aromatic heterocycles. The van der Waals surface area contributed by atoms with Gasteiger partial charge in [-0.3, -0.25) is 4.79 Å². The van der Waals surface area contributed by atoms with E-state index in [-0.39, 0.29) is 11.7 Å². The molecule has 0 radical (unpaired) electrons. The van der Waals surface area contributed by atoms with Crippen molar-refractivity contribution in [3.8, 4) is 0 Å². The van der Waals surface area contributed by atoms with Crippen molar-refractivity contribution in [3.05, 3.63) is 34.6 Å². The van der Waals surface area contributed by atoms with Gasteiger partial charge in [-0.25, -0.2) is 4.39 Å². The van der Waals surface area contributed by atoms with E-state index < -0.39 is 0 Å². The SMILES string of the molecule is CC(=O)N1CCC(NCc2c(F)cccc2Cl)CC1. The van der Waals surface area contributed by atoms with Crippen LogP contribution in [0.3, 0.4) is 0 Å². The summed E-state index contributed by atoms with van der Waals surface area (Å²) in [7, 11) is 0. The Kier molecular flexibility index (Phi) is 4.77. The Morgan fingerprint density at radius 1 is 1.47 bits per heavy atom. The zero-order chi connectivity index (χ0) is 13.8. The van der Waals surface area contributed by atoms with Crippen LogP contribution in [0.15, 0.2) is 18.2 Å². The Hall–Kier alpha value is -1.13. The number of carbonyl (C=O) groups excluding carboxylic acids is 1. The molecule has 1 fully saturated rings. The van der Waals surface area contributed by atoms with Gasteiger partial charge in [-0.2, -0.15) is 0 Å². The van der Waals surface area contributed by atoms with Crippen molar-refractivity contribution in [2.45, 2.75) is 32.4 Å². The van der Waals surface area contributed by atoms with Gasteiger partial charge < -0.3 is 10.2 Å². The molecule has 0 bridgehead atoms. The van der Waals surface area contributed by atoms with Crippen molar-refractivity contribution >= 4 is 17.5 Å². The summed E-state index contributed by atoms with van der Waals surface area (Å²) in [6, 6.07) is 5.03. The lowest BCUT2D eigenvalue weighted by Crippen LogP contribution is -2.44. The molecule has 1 aliphatic rings. The number of nitrogens with one attached hydrogen (secondary N) is 1. The second-order valence-electron chi connectivity index (χ2n) is 4.86. The summed E-state index contributed by atoms with van der Waals surface area (Å²) in [5.41, 5.74) is 0.512. The molecule has 1 amide bonds. The second-order valence-corrected chi connectivity index (χ2v) is 5.27. The molecule has 0 spiro atoms. The molecule has 1 N–H and O–H groups in total. The molecule has 0 saturated carbocycles. The molecule has 104 valence electrons. The van der Waals surface area contributed by atoms with Crippen LogP contribution >= 0.6 is 11.6 Å². The molecule has 19 heavy (non-hydrogen) atoms. The molecular weight excluding hydrogens is 267 g/mol. The molecule has 1 aromatic rings. The highest BCUT2D eigenvalue weighted by Gasteiger charge is 2.20. The summed E-state index contributed by atoms with van der Waals surface area (Å²) >= 11 is 5.98. The first-order chi connectivity index (χ1) is 9.08. The number of rotatable bonds is 3. The van der Waals surface area contributed by atoms with Gasteiger partial charge in [0.25, 0.3) is 0 Å². The molecule has 1 aromatic carbocycles. The van der Waals surface area contributed by atoms with Gasteiger partial charge in [0.1, 0.15) is 5.82 Å². The quantitative estimate of drug-likeness (QED) is 0.925. The molecular formula is C14H18ClFN2O. The number of benzene rings is 1. The molecule has 5 heteroatoms. The van der Waals surface area contributed by atoms with E-state index in [9.17, 15) is 9.18 Å². The minimum absolute atomic E-state index is 0.121. The number of hydrogen-bond donors (Lipinski definition) is 1. The fourth-order valence-corrected chi connectivity index (χ4v) is 2.58. The van der Waals surface area contributed by atoms with E-state index in [0.29, 0.717) is 23.2 Å². The first-order valence-electron chi connectivity index (χ1n) is 6.49. The minimum atomic E-state index is -0.277. The summed E-state index contributed by atoms with van der Waals surface area (Å²) < 4.78 is 13.6. The number of hydrogen-bond acceptors (Lipinski definition) is 2. The van der Waals surface area contributed by atoms with E-state index >= 15 is 0 Å². The maximum Gasteiger partial charge on any atom is 0.219 e.